The predicted molar refractivity (Wildman–Crippen MR) is 75.8 cm³/mol. The third-order valence-electron chi connectivity index (χ3n) is 2.86. The molecule has 0 unspecified atom stereocenters. The Balaban J connectivity index is 1.64. The maximum absolute atomic E-state index is 11.6. The van der Waals surface area contributed by atoms with Crippen molar-refractivity contribution in [3.63, 3.8) is 0 Å². The number of hydrazone groups is 1. The Bertz CT molecular complexity index is 409. The standard InChI is InChI=1S/C14H18N2OS/c17-14(16-15-12-6-4-5-7-12)10-11-18-13-8-2-1-3-9-13/h1-3,8-9H,4-7,10-11H2,(H,16,17). The topological polar surface area (TPSA) is 41.5 Å². The highest BCUT2D eigenvalue weighted by molar-refractivity contribution is 7.99. The minimum Gasteiger partial charge on any atom is -0.273 e. The van der Waals surface area contributed by atoms with Crippen molar-refractivity contribution in [1.82, 2.24) is 5.43 Å². The number of rotatable bonds is 5. The molecule has 1 fully saturated rings. The van der Waals surface area contributed by atoms with E-state index in [9.17, 15) is 4.79 Å². The normalized spacial score (nSPS) is 14.6. The molecule has 4 heteroatoms. The first-order chi connectivity index (χ1) is 8.84. The predicted octanol–water partition coefficient (Wildman–Crippen LogP) is 3.22. The second-order valence-electron chi connectivity index (χ2n) is 4.33. The molecule has 0 saturated heterocycles. The summed E-state index contributed by atoms with van der Waals surface area (Å²) in [5.74, 6) is 0.804. The molecule has 0 aromatic heterocycles. The Kier molecular flexibility index (Phi) is 5.27. The molecule has 1 saturated carbocycles. The van der Waals surface area contributed by atoms with Crippen LogP contribution in [0.1, 0.15) is 32.1 Å². The number of carbonyl (C=O) groups is 1. The van der Waals surface area contributed by atoms with Crippen molar-refractivity contribution in [1.29, 1.82) is 0 Å². The molecule has 0 aliphatic heterocycles. The van der Waals surface area contributed by atoms with E-state index in [0.29, 0.717) is 6.42 Å². The molecule has 1 aromatic rings. The molecule has 3 nitrogen and oxygen atoms in total. The summed E-state index contributed by atoms with van der Waals surface area (Å²) < 4.78 is 0. The Morgan fingerprint density at radius 3 is 2.67 bits per heavy atom. The highest BCUT2D eigenvalue weighted by atomic mass is 32.2. The molecule has 1 aliphatic carbocycles. The van der Waals surface area contributed by atoms with Gasteiger partial charge in [-0.3, -0.25) is 4.79 Å². The van der Waals surface area contributed by atoms with Crippen LogP contribution in [-0.2, 0) is 4.79 Å². The fourth-order valence-corrected chi connectivity index (χ4v) is 2.74. The van der Waals surface area contributed by atoms with E-state index in [4.69, 9.17) is 0 Å². The number of nitrogens with zero attached hydrogens (tertiary/aromatic N) is 1. The summed E-state index contributed by atoms with van der Waals surface area (Å²) in [5, 5.41) is 4.16. The lowest BCUT2D eigenvalue weighted by atomic mass is 10.3. The zero-order valence-corrected chi connectivity index (χ0v) is 11.2. The van der Waals surface area contributed by atoms with Crippen LogP contribution in [0.4, 0.5) is 0 Å². The van der Waals surface area contributed by atoms with Crippen LogP contribution in [0.15, 0.2) is 40.3 Å². The lowest BCUT2D eigenvalue weighted by Gasteiger charge is -2.02. The summed E-state index contributed by atoms with van der Waals surface area (Å²) in [7, 11) is 0. The van der Waals surface area contributed by atoms with Gasteiger partial charge in [-0.1, -0.05) is 18.2 Å². The summed E-state index contributed by atoms with van der Waals surface area (Å²) in [6.07, 6.45) is 5.01. The van der Waals surface area contributed by atoms with Crippen molar-refractivity contribution in [2.75, 3.05) is 5.75 Å². The van der Waals surface area contributed by atoms with E-state index < -0.39 is 0 Å². The summed E-state index contributed by atoms with van der Waals surface area (Å²) in [5.41, 5.74) is 3.78. The Labute approximate surface area is 112 Å². The molecular weight excluding hydrogens is 244 g/mol. The summed E-state index contributed by atoms with van der Waals surface area (Å²) >= 11 is 1.70. The molecule has 0 heterocycles. The van der Waals surface area contributed by atoms with E-state index >= 15 is 0 Å². The van der Waals surface area contributed by atoms with Gasteiger partial charge in [-0.25, -0.2) is 5.43 Å². The van der Waals surface area contributed by atoms with Gasteiger partial charge < -0.3 is 0 Å². The zero-order valence-electron chi connectivity index (χ0n) is 10.4. The lowest BCUT2D eigenvalue weighted by molar-refractivity contribution is -0.120. The van der Waals surface area contributed by atoms with Gasteiger partial charge in [0.05, 0.1) is 0 Å². The van der Waals surface area contributed by atoms with Gasteiger partial charge >= 0.3 is 0 Å². The van der Waals surface area contributed by atoms with Crippen molar-refractivity contribution >= 4 is 23.4 Å². The van der Waals surface area contributed by atoms with Gasteiger partial charge in [-0.05, 0) is 37.8 Å². The Hall–Kier alpha value is -1.29. The fraction of sp³-hybridized carbons (Fsp3) is 0.429. The molecule has 0 spiro atoms. The first kappa shape index (κ1) is 13.1. The Morgan fingerprint density at radius 2 is 1.94 bits per heavy atom. The van der Waals surface area contributed by atoms with Gasteiger partial charge in [0, 0.05) is 22.8 Å². The average molecular weight is 262 g/mol. The fourth-order valence-electron chi connectivity index (χ4n) is 1.87. The molecule has 18 heavy (non-hydrogen) atoms. The van der Waals surface area contributed by atoms with E-state index in [2.05, 4.69) is 22.7 Å². The number of hydrogen-bond acceptors (Lipinski definition) is 3. The quantitative estimate of drug-likeness (QED) is 0.654. The van der Waals surface area contributed by atoms with Crippen LogP contribution in [0, 0.1) is 0 Å². The molecule has 0 radical (unpaired) electrons. The molecule has 1 amide bonds. The molecule has 96 valence electrons. The van der Waals surface area contributed by atoms with Crippen LogP contribution in [0.2, 0.25) is 0 Å². The number of benzene rings is 1. The third kappa shape index (κ3) is 4.53. The first-order valence-electron chi connectivity index (χ1n) is 6.37. The number of carbonyl (C=O) groups excluding carboxylic acids is 1. The number of thioether (sulfide) groups is 1. The maximum atomic E-state index is 11.6. The van der Waals surface area contributed by atoms with Gasteiger partial charge in [0.2, 0.25) is 5.91 Å². The van der Waals surface area contributed by atoms with Gasteiger partial charge in [0.1, 0.15) is 0 Å². The van der Waals surface area contributed by atoms with Crippen LogP contribution >= 0.6 is 11.8 Å². The molecular formula is C14H18N2OS. The van der Waals surface area contributed by atoms with Gasteiger partial charge in [0.25, 0.3) is 0 Å². The second kappa shape index (κ2) is 7.21. The van der Waals surface area contributed by atoms with Crippen LogP contribution in [0.25, 0.3) is 0 Å². The van der Waals surface area contributed by atoms with Crippen LogP contribution < -0.4 is 5.43 Å². The molecule has 0 atom stereocenters. The monoisotopic (exact) mass is 262 g/mol. The van der Waals surface area contributed by atoms with Crippen molar-refractivity contribution in [2.24, 2.45) is 5.10 Å². The SMILES string of the molecule is O=C(CCSc1ccccc1)NN=C1CCCC1. The molecule has 1 aromatic carbocycles. The zero-order chi connectivity index (χ0) is 12.6. The van der Waals surface area contributed by atoms with Crippen LogP contribution in [0.5, 0.6) is 0 Å². The highest BCUT2D eigenvalue weighted by Gasteiger charge is 2.08. The number of hydrogen-bond donors (Lipinski definition) is 1. The largest absolute Gasteiger partial charge is 0.273 e. The van der Waals surface area contributed by atoms with Crippen molar-refractivity contribution in [3.8, 4) is 0 Å². The van der Waals surface area contributed by atoms with E-state index in [1.807, 2.05) is 18.2 Å². The molecule has 2 rings (SSSR count). The first-order valence-corrected chi connectivity index (χ1v) is 7.35. The van der Waals surface area contributed by atoms with Gasteiger partial charge in [-0.2, -0.15) is 5.10 Å². The summed E-state index contributed by atoms with van der Waals surface area (Å²) in [6, 6.07) is 10.1. The van der Waals surface area contributed by atoms with Crippen LogP contribution in [-0.4, -0.2) is 17.4 Å². The molecule has 0 bridgehead atoms. The summed E-state index contributed by atoms with van der Waals surface area (Å²) in [6.45, 7) is 0. The van der Waals surface area contributed by atoms with E-state index in [1.54, 1.807) is 11.8 Å². The number of amides is 1. The lowest BCUT2D eigenvalue weighted by Crippen LogP contribution is -2.19. The highest BCUT2D eigenvalue weighted by Crippen LogP contribution is 2.17. The minimum absolute atomic E-state index is 0.0119. The van der Waals surface area contributed by atoms with Crippen LogP contribution in [0.3, 0.4) is 0 Å². The third-order valence-corrected chi connectivity index (χ3v) is 3.87. The van der Waals surface area contributed by atoms with Gasteiger partial charge in [-0.15, -0.1) is 11.8 Å². The smallest absolute Gasteiger partial charge is 0.240 e. The molecule has 1 N–H and O–H groups in total. The van der Waals surface area contributed by atoms with E-state index in [-0.39, 0.29) is 5.91 Å². The van der Waals surface area contributed by atoms with E-state index in [0.717, 1.165) is 24.3 Å². The van der Waals surface area contributed by atoms with Crippen molar-refractivity contribution in [3.05, 3.63) is 30.3 Å². The van der Waals surface area contributed by atoms with E-state index in [1.165, 1.54) is 17.7 Å². The minimum atomic E-state index is 0.0119. The number of nitrogens with one attached hydrogen (secondary N) is 1. The van der Waals surface area contributed by atoms with Crippen molar-refractivity contribution in [2.45, 2.75) is 37.0 Å². The van der Waals surface area contributed by atoms with Gasteiger partial charge in [0.15, 0.2) is 0 Å². The Morgan fingerprint density at radius 1 is 1.22 bits per heavy atom. The maximum Gasteiger partial charge on any atom is 0.240 e. The molecule has 1 aliphatic rings. The second-order valence-corrected chi connectivity index (χ2v) is 5.50. The average Bonchev–Trinajstić information content (AvgIpc) is 2.91. The van der Waals surface area contributed by atoms with Crippen molar-refractivity contribution < 1.29 is 4.79 Å². The summed E-state index contributed by atoms with van der Waals surface area (Å²) in [4.78, 5) is 12.8.